The summed E-state index contributed by atoms with van der Waals surface area (Å²) >= 11 is 0. The van der Waals surface area contributed by atoms with Crippen molar-refractivity contribution in [2.45, 2.75) is 13.0 Å². The Balaban J connectivity index is 1.58. The van der Waals surface area contributed by atoms with Crippen LogP contribution in [0.4, 0.5) is 5.82 Å². The molecule has 0 fully saturated rings. The highest BCUT2D eigenvalue weighted by molar-refractivity contribution is 5.92. The van der Waals surface area contributed by atoms with Crippen LogP contribution in [0.3, 0.4) is 0 Å². The summed E-state index contributed by atoms with van der Waals surface area (Å²) < 4.78 is 0. The number of hydrogen-bond donors (Lipinski definition) is 1. The maximum absolute atomic E-state index is 12.6. The van der Waals surface area contributed by atoms with Crippen molar-refractivity contribution in [2.75, 3.05) is 18.9 Å². The van der Waals surface area contributed by atoms with Gasteiger partial charge in [0.2, 0.25) is 0 Å². The standard InChI is InChI=1S/C19H20N6O/c1-25(11-6-15-2-7-20-8-3-15)19(26)17-12-18(24-14-23-17)22-13-16-4-9-21-10-5-16/h2-5,7-10,12,14H,6,11,13H2,1H3,(H,22,23,24). The van der Waals surface area contributed by atoms with Gasteiger partial charge in [0.1, 0.15) is 17.8 Å². The molecule has 26 heavy (non-hydrogen) atoms. The first kappa shape index (κ1) is 17.5. The molecule has 132 valence electrons. The average molecular weight is 348 g/mol. The highest BCUT2D eigenvalue weighted by Gasteiger charge is 2.14. The first-order chi connectivity index (χ1) is 12.7. The molecule has 1 N–H and O–H groups in total. The van der Waals surface area contributed by atoms with Gasteiger partial charge >= 0.3 is 0 Å². The van der Waals surface area contributed by atoms with Crippen LogP contribution < -0.4 is 5.32 Å². The zero-order valence-corrected chi connectivity index (χ0v) is 14.5. The van der Waals surface area contributed by atoms with E-state index < -0.39 is 0 Å². The average Bonchev–Trinajstić information content (AvgIpc) is 2.71. The number of nitrogens with one attached hydrogen (secondary N) is 1. The summed E-state index contributed by atoms with van der Waals surface area (Å²) in [6, 6.07) is 9.42. The van der Waals surface area contributed by atoms with Gasteiger partial charge in [0.15, 0.2) is 0 Å². The summed E-state index contributed by atoms with van der Waals surface area (Å²) in [4.78, 5) is 30.5. The molecular formula is C19H20N6O. The van der Waals surface area contributed by atoms with E-state index in [1.54, 1.807) is 42.8 Å². The maximum Gasteiger partial charge on any atom is 0.272 e. The number of carbonyl (C=O) groups is 1. The lowest BCUT2D eigenvalue weighted by Gasteiger charge is -2.17. The van der Waals surface area contributed by atoms with E-state index >= 15 is 0 Å². The molecule has 0 radical (unpaired) electrons. The number of hydrogen-bond acceptors (Lipinski definition) is 6. The third-order valence-corrected chi connectivity index (χ3v) is 3.94. The Morgan fingerprint density at radius 1 is 1.00 bits per heavy atom. The minimum atomic E-state index is -0.131. The summed E-state index contributed by atoms with van der Waals surface area (Å²) in [7, 11) is 1.77. The van der Waals surface area contributed by atoms with E-state index in [-0.39, 0.29) is 5.91 Å². The van der Waals surface area contributed by atoms with E-state index in [2.05, 4.69) is 25.3 Å². The van der Waals surface area contributed by atoms with Gasteiger partial charge < -0.3 is 10.2 Å². The van der Waals surface area contributed by atoms with Crippen LogP contribution in [0.2, 0.25) is 0 Å². The Bertz CT molecular complexity index is 841. The van der Waals surface area contributed by atoms with Gasteiger partial charge in [-0.05, 0) is 41.8 Å². The van der Waals surface area contributed by atoms with Crippen molar-refractivity contribution in [3.05, 3.63) is 78.3 Å². The molecule has 0 saturated heterocycles. The molecule has 3 aromatic heterocycles. The molecule has 7 nitrogen and oxygen atoms in total. The van der Waals surface area contributed by atoms with Gasteiger partial charge in [-0.15, -0.1) is 0 Å². The van der Waals surface area contributed by atoms with Crippen molar-refractivity contribution in [1.82, 2.24) is 24.8 Å². The second kappa shape index (κ2) is 8.66. The van der Waals surface area contributed by atoms with Gasteiger partial charge in [-0.1, -0.05) is 0 Å². The number of rotatable bonds is 7. The molecule has 0 spiro atoms. The Hall–Kier alpha value is -3.35. The minimum absolute atomic E-state index is 0.131. The van der Waals surface area contributed by atoms with E-state index in [0.29, 0.717) is 24.6 Å². The fourth-order valence-electron chi connectivity index (χ4n) is 2.41. The van der Waals surface area contributed by atoms with Gasteiger partial charge in [-0.25, -0.2) is 9.97 Å². The molecule has 0 aliphatic rings. The number of amides is 1. The first-order valence-corrected chi connectivity index (χ1v) is 8.31. The Labute approximate surface area is 152 Å². The molecule has 0 bridgehead atoms. The van der Waals surface area contributed by atoms with Gasteiger partial charge in [-0.3, -0.25) is 14.8 Å². The SMILES string of the molecule is CN(CCc1ccncc1)C(=O)c1cc(NCc2ccncc2)ncn1. The third-order valence-electron chi connectivity index (χ3n) is 3.94. The van der Waals surface area contributed by atoms with Crippen molar-refractivity contribution in [2.24, 2.45) is 0 Å². The lowest BCUT2D eigenvalue weighted by atomic mass is 10.2. The number of pyridine rings is 2. The van der Waals surface area contributed by atoms with Gasteiger partial charge in [0.25, 0.3) is 5.91 Å². The number of nitrogens with zero attached hydrogens (tertiary/aromatic N) is 5. The molecule has 0 aliphatic heterocycles. The smallest absolute Gasteiger partial charge is 0.272 e. The summed E-state index contributed by atoms with van der Waals surface area (Å²) in [5, 5.41) is 3.20. The van der Waals surface area contributed by atoms with Crippen LogP contribution in [-0.2, 0) is 13.0 Å². The second-order valence-corrected chi connectivity index (χ2v) is 5.83. The van der Waals surface area contributed by atoms with Crippen LogP contribution in [0.1, 0.15) is 21.6 Å². The molecule has 3 aromatic rings. The fraction of sp³-hybridized carbons (Fsp3) is 0.211. The molecular weight excluding hydrogens is 328 g/mol. The van der Waals surface area contributed by atoms with Crippen LogP contribution in [0, 0.1) is 0 Å². The molecule has 0 atom stereocenters. The van der Waals surface area contributed by atoms with Crippen LogP contribution in [0.25, 0.3) is 0 Å². The number of aromatic nitrogens is 4. The molecule has 0 unspecified atom stereocenters. The quantitative estimate of drug-likeness (QED) is 0.705. The highest BCUT2D eigenvalue weighted by atomic mass is 16.2. The second-order valence-electron chi connectivity index (χ2n) is 5.83. The predicted octanol–water partition coefficient (Wildman–Crippen LogP) is 2.19. The number of likely N-dealkylation sites (N-methyl/N-ethyl adjacent to an activating group) is 1. The van der Waals surface area contributed by atoms with Crippen LogP contribution >= 0.6 is 0 Å². The number of anilines is 1. The summed E-state index contributed by atoms with van der Waals surface area (Å²) in [6.45, 7) is 1.21. The number of carbonyl (C=O) groups excluding carboxylic acids is 1. The topological polar surface area (TPSA) is 83.9 Å². The van der Waals surface area contributed by atoms with Gasteiger partial charge in [0.05, 0.1) is 0 Å². The van der Waals surface area contributed by atoms with Crippen LogP contribution in [0.15, 0.2) is 61.4 Å². The summed E-state index contributed by atoms with van der Waals surface area (Å²) in [5.41, 5.74) is 2.59. The first-order valence-electron chi connectivity index (χ1n) is 8.31. The minimum Gasteiger partial charge on any atom is -0.366 e. The lowest BCUT2D eigenvalue weighted by Crippen LogP contribution is -2.29. The van der Waals surface area contributed by atoms with Crippen molar-refractivity contribution >= 4 is 11.7 Å². The Kier molecular flexibility index (Phi) is 5.82. The Morgan fingerprint density at radius 2 is 1.65 bits per heavy atom. The van der Waals surface area contributed by atoms with E-state index in [1.165, 1.54) is 6.33 Å². The lowest BCUT2D eigenvalue weighted by molar-refractivity contribution is 0.0790. The molecule has 3 heterocycles. The summed E-state index contributed by atoms with van der Waals surface area (Å²) in [6.07, 6.45) is 9.15. The van der Waals surface area contributed by atoms with Gasteiger partial charge in [-0.2, -0.15) is 0 Å². The van der Waals surface area contributed by atoms with Crippen molar-refractivity contribution in [1.29, 1.82) is 0 Å². The Morgan fingerprint density at radius 3 is 2.35 bits per heavy atom. The molecule has 0 aliphatic carbocycles. The maximum atomic E-state index is 12.6. The molecule has 1 amide bonds. The zero-order chi connectivity index (χ0) is 18.2. The van der Waals surface area contributed by atoms with E-state index in [0.717, 1.165) is 17.5 Å². The van der Waals surface area contributed by atoms with Crippen molar-refractivity contribution in [3.63, 3.8) is 0 Å². The zero-order valence-electron chi connectivity index (χ0n) is 14.5. The van der Waals surface area contributed by atoms with Crippen molar-refractivity contribution in [3.8, 4) is 0 Å². The molecule has 7 heteroatoms. The van der Waals surface area contributed by atoms with Gasteiger partial charge in [0, 0.05) is 51.0 Å². The van der Waals surface area contributed by atoms with Crippen molar-refractivity contribution < 1.29 is 4.79 Å². The molecule has 3 rings (SSSR count). The van der Waals surface area contributed by atoms with E-state index in [1.807, 2.05) is 24.3 Å². The largest absolute Gasteiger partial charge is 0.366 e. The molecule has 0 saturated carbocycles. The van der Waals surface area contributed by atoms with E-state index in [9.17, 15) is 4.79 Å². The van der Waals surface area contributed by atoms with E-state index in [4.69, 9.17) is 0 Å². The highest BCUT2D eigenvalue weighted by Crippen LogP contribution is 2.09. The monoisotopic (exact) mass is 348 g/mol. The molecule has 0 aromatic carbocycles. The third kappa shape index (κ3) is 4.83. The van der Waals surface area contributed by atoms with Crippen LogP contribution in [-0.4, -0.2) is 44.3 Å². The normalized spacial score (nSPS) is 10.3. The van der Waals surface area contributed by atoms with Crippen LogP contribution in [0.5, 0.6) is 0 Å². The predicted molar refractivity (Wildman–Crippen MR) is 98.5 cm³/mol. The fourth-order valence-corrected chi connectivity index (χ4v) is 2.41. The summed E-state index contributed by atoms with van der Waals surface area (Å²) in [5.74, 6) is 0.483.